The fourth-order valence-corrected chi connectivity index (χ4v) is 5.81. The highest BCUT2D eigenvalue weighted by molar-refractivity contribution is 7.92. The van der Waals surface area contributed by atoms with E-state index in [1.54, 1.807) is 24.3 Å². The second-order valence-electron chi connectivity index (χ2n) is 9.44. The van der Waals surface area contributed by atoms with Crippen LogP contribution in [0.1, 0.15) is 42.5 Å². The maximum absolute atomic E-state index is 14.0. The number of likely N-dealkylation sites (N-methyl/N-ethyl adjacent to an activating group) is 1. The Morgan fingerprint density at radius 3 is 2.11 bits per heavy atom. The molecule has 0 heterocycles. The smallest absolute Gasteiger partial charge is 0.264 e. The molecule has 38 heavy (non-hydrogen) atoms. The number of carbonyl (C=O) groups excluding carboxylic acids is 2. The number of hydrogen-bond acceptors (Lipinski definition) is 4. The molecule has 0 saturated carbocycles. The highest BCUT2D eigenvalue weighted by atomic mass is 32.2. The van der Waals surface area contributed by atoms with Gasteiger partial charge in [0.1, 0.15) is 12.6 Å². The maximum atomic E-state index is 14.0. The van der Waals surface area contributed by atoms with Crippen molar-refractivity contribution in [1.82, 2.24) is 10.2 Å². The number of aryl methyl sites for hydroxylation is 3. The van der Waals surface area contributed by atoms with E-state index in [0.717, 1.165) is 22.3 Å². The predicted molar refractivity (Wildman–Crippen MR) is 151 cm³/mol. The minimum absolute atomic E-state index is 0.0922. The van der Waals surface area contributed by atoms with Crippen molar-refractivity contribution >= 4 is 27.5 Å². The molecule has 0 aliphatic rings. The van der Waals surface area contributed by atoms with E-state index in [0.29, 0.717) is 18.7 Å². The summed E-state index contributed by atoms with van der Waals surface area (Å²) in [4.78, 5) is 28.6. The van der Waals surface area contributed by atoms with E-state index in [1.807, 2.05) is 71.0 Å². The Morgan fingerprint density at radius 2 is 1.50 bits per heavy atom. The monoisotopic (exact) mass is 535 g/mol. The molecule has 0 spiro atoms. The van der Waals surface area contributed by atoms with E-state index >= 15 is 0 Å². The van der Waals surface area contributed by atoms with E-state index in [4.69, 9.17) is 0 Å². The Kier molecular flexibility index (Phi) is 9.69. The van der Waals surface area contributed by atoms with Crippen LogP contribution in [0.5, 0.6) is 0 Å². The molecule has 1 atom stereocenters. The van der Waals surface area contributed by atoms with Gasteiger partial charge in [-0.2, -0.15) is 0 Å². The molecule has 3 rings (SSSR count). The van der Waals surface area contributed by atoms with Crippen LogP contribution in [0.3, 0.4) is 0 Å². The molecule has 0 fully saturated rings. The average Bonchev–Trinajstić information content (AvgIpc) is 2.90. The Labute approximate surface area is 226 Å². The zero-order valence-corrected chi connectivity index (χ0v) is 23.6. The fraction of sp³-hybridized carbons (Fsp3) is 0.333. The molecule has 1 N–H and O–H groups in total. The number of nitrogens with zero attached hydrogens (tertiary/aromatic N) is 2. The first-order valence-corrected chi connectivity index (χ1v) is 14.3. The second-order valence-corrected chi connectivity index (χ2v) is 11.3. The summed E-state index contributed by atoms with van der Waals surface area (Å²) in [5, 5.41) is 2.82. The van der Waals surface area contributed by atoms with Gasteiger partial charge in [-0.25, -0.2) is 8.42 Å². The van der Waals surface area contributed by atoms with Crippen LogP contribution < -0.4 is 9.62 Å². The zero-order chi connectivity index (χ0) is 27.9. The molecule has 0 unspecified atom stereocenters. The van der Waals surface area contributed by atoms with Gasteiger partial charge < -0.3 is 10.2 Å². The molecular weight excluding hydrogens is 498 g/mol. The van der Waals surface area contributed by atoms with Crippen LogP contribution in [0.15, 0.2) is 77.7 Å². The first-order chi connectivity index (χ1) is 18.1. The van der Waals surface area contributed by atoms with Crippen LogP contribution in [0.2, 0.25) is 0 Å². The van der Waals surface area contributed by atoms with E-state index < -0.39 is 28.5 Å². The van der Waals surface area contributed by atoms with Gasteiger partial charge in [-0.15, -0.1) is 0 Å². The third kappa shape index (κ3) is 6.81. The number of amides is 2. The van der Waals surface area contributed by atoms with Gasteiger partial charge >= 0.3 is 0 Å². The first kappa shape index (κ1) is 28.9. The van der Waals surface area contributed by atoms with Crippen molar-refractivity contribution in [1.29, 1.82) is 0 Å². The van der Waals surface area contributed by atoms with Gasteiger partial charge in [0.2, 0.25) is 11.8 Å². The highest BCUT2D eigenvalue weighted by Gasteiger charge is 2.34. The van der Waals surface area contributed by atoms with E-state index in [9.17, 15) is 18.0 Å². The standard InChI is InChI=1S/C30H37N3O4S/c1-6-27(30(35)31-7-2)32(20-25-17-14-22(3)15-18-25)29(34)21-33(28-19-23(4)13-16-24(28)5)38(36,37)26-11-9-8-10-12-26/h8-19,27H,6-7,20-21H2,1-5H3,(H,31,35)/t27-/m1/s1. The lowest BCUT2D eigenvalue weighted by Crippen LogP contribution is -2.52. The molecular formula is C30H37N3O4S. The summed E-state index contributed by atoms with van der Waals surface area (Å²) in [5.41, 5.74) is 3.97. The van der Waals surface area contributed by atoms with Gasteiger partial charge in [0.15, 0.2) is 0 Å². The average molecular weight is 536 g/mol. The molecule has 0 aromatic heterocycles. The number of sulfonamides is 1. The first-order valence-electron chi connectivity index (χ1n) is 12.9. The number of rotatable bonds is 11. The van der Waals surface area contributed by atoms with Gasteiger partial charge in [0.05, 0.1) is 10.6 Å². The van der Waals surface area contributed by atoms with Gasteiger partial charge in [0, 0.05) is 13.1 Å². The van der Waals surface area contributed by atoms with Crippen LogP contribution in [0, 0.1) is 20.8 Å². The van der Waals surface area contributed by atoms with E-state index in [2.05, 4.69) is 5.32 Å². The Hall–Kier alpha value is -3.65. The summed E-state index contributed by atoms with van der Waals surface area (Å²) < 4.78 is 29.0. The molecule has 2 amide bonds. The van der Waals surface area contributed by atoms with Crippen molar-refractivity contribution in [3.05, 3.63) is 95.1 Å². The Bertz CT molecular complexity index is 1360. The number of benzene rings is 3. The lowest BCUT2D eigenvalue weighted by molar-refractivity contribution is -0.140. The molecule has 3 aromatic carbocycles. The molecule has 3 aromatic rings. The van der Waals surface area contributed by atoms with Crippen molar-refractivity contribution in [3.8, 4) is 0 Å². The van der Waals surface area contributed by atoms with Crippen LogP contribution in [0.4, 0.5) is 5.69 Å². The second kappa shape index (κ2) is 12.7. The normalized spacial score (nSPS) is 12.0. The van der Waals surface area contributed by atoms with Crippen LogP contribution >= 0.6 is 0 Å². The van der Waals surface area contributed by atoms with Crippen LogP contribution in [0.25, 0.3) is 0 Å². The van der Waals surface area contributed by atoms with Crippen LogP contribution in [-0.2, 0) is 26.2 Å². The number of hydrogen-bond donors (Lipinski definition) is 1. The zero-order valence-electron chi connectivity index (χ0n) is 22.8. The van der Waals surface area contributed by atoms with Gasteiger partial charge in [-0.1, -0.05) is 67.1 Å². The third-order valence-corrected chi connectivity index (χ3v) is 8.23. The van der Waals surface area contributed by atoms with E-state index in [-0.39, 0.29) is 17.3 Å². The van der Waals surface area contributed by atoms with Crippen molar-refractivity contribution in [2.45, 2.75) is 58.5 Å². The summed E-state index contributed by atoms with van der Waals surface area (Å²) >= 11 is 0. The minimum atomic E-state index is -4.08. The summed E-state index contributed by atoms with van der Waals surface area (Å²) in [6.07, 6.45) is 0.387. The predicted octanol–water partition coefficient (Wildman–Crippen LogP) is 4.75. The Morgan fingerprint density at radius 1 is 0.868 bits per heavy atom. The molecule has 0 aliphatic carbocycles. The molecule has 0 saturated heterocycles. The van der Waals surface area contributed by atoms with Crippen LogP contribution in [-0.4, -0.2) is 44.3 Å². The largest absolute Gasteiger partial charge is 0.355 e. The molecule has 0 bridgehead atoms. The number of anilines is 1. The summed E-state index contributed by atoms with van der Waals surface area (Å²) in [7, 11) is -4.08. The molecule has 202 valence electrons. The fourth-order valence-electron chi connectivity index (χ4n) is 4.32. The van der Waals surface area contributed by atoms with Crippen molar-refractivity contribution in [3.63, 3.8) is 0 Å². The molecule has 0 radical (unpaired) electrons. The highest BCUT2D eigenvalue weighted by Crippen LogP contribution is 2.28. The molecule has 0 aliphatic heterocycles. The summed E-state index contributed by atoms with van der Waals surface area (Å²) in [5.74, 6) is -0.719. The van der Waals surface area contributed by atoms with Gasteiger partial charge in [-0.05, 0) is 69.0 Å². The number of nitrogens with one attached hydrogen (secondary N) is 1. The molecule has 8 heteroatoms. The lowest BCUT2D eigenvalue weighted by atomic mass is 10.1. The molecule has 7 nitrogen and oxygen atoms in total. The topological polar surface area (TPSA) is 86.8 Å². The van der Waals surface area contributed by atoms with Crippen molar-refractivity contribution < 1.29 is 18.0 Å². The number of carbonyl (C=O) groups is 2. The van der Waals surface area contributed by atoms with Crippen molar-refractivity contribution in [2.24, 2.45) is 0 Å². The maximum Gasteiger partial charge on any atom is 0.264 e. The quantitative estimate of drug-likeness (QED) is 0.384. The van der Waals surface area contributed by atoms with Gasteiger partial charge in [0.25, 0.3) is 10.0 Å². The minimum Gasteiger partial charge on any atom is -0.355 e. The summed E-state index contributed by atoms with van der Waals surface area (Å²) in [6, 6.07) is 20.6. The Balaban J connectivity index is 2.08. The van der Waals surface area contributed by atoms with Gasteiger partial charge in [-0.3, -0.25) is 13.9 Å². The lowest BCUT2D eigenvalue weighted by Gasteiger charge is -2.33. The summed E-state index contributed by atoms with van der Waals surface area (Å²) in [6.45, 7) is 9.52. The van der Waals surface area contributed by atoms with Crippen molar-refractivity contribution in [2.75, 3.05) is 17.4 Å². The van der Waals surface area contributed by atoms with E-state index in [1.165, 1.54) is 21.3 Å². The SMILES string of the molecule is CCNC(=O)[C@@H](CC)N(Cc1ccc(C)cc1)C(=O)CN(c1cc(C)ccc1C)S(=O)(=O)c1ccccc1. The third-order valence-electron chi connectivity index (χ3n) is 6.45.